The molecule has 16 heavy (non-hydrogen) atoms. The van der Waals surface area contributed by atoms with Crippen molar-refractivity contribution in [3.05, 3.63) is 23.9 Å². The normalized spacial score (nSPS) is 19.2. The van der Waals surface area contributed by atoms with Crippen LogP contribution >= 0.6 is 0 Å². The summed E-state index contributed by atoms with van der Waals surface area (Å²) in [6.07, 6.45) is 3.33. The van der Waals surface area contributed by atoms with E-state index in [-0.39, 0.29) is 0 Å². The summed E-state index contributed by atoms with van der Waals surface area (Å²) < 4.78 is 5.80. The standard InChI is InChI=1S/C13H20N2O/c1-4-11(3)15-8-12(9-15)16-13-7-10(2)5-6-14-13/h5-7,11-12H,4,8-9H2,1-3H3. The highest BCUT2D eigenvalue weighted by Crippen LogP contribution is 2.19. The van der Waals surface area contributed by atoms with Crippen molar-refractivity contribution in [3.63, 3.8) is 0 Å². The van der Waals surface area contributed by atoms with Crippen molar-refractivity contribution in [2.45, 2.75) is 39.3 Å². The highest BCUT2D eigenvalue weighted by atomic mass is 16.5. The lowest BCUT2D eigenvalue weighted by Gasteiger charge is -2.42. The monoisotopic (exact) mass is 220 g/mol. The van der Waals surface area contributed by atoms with Crippen LogP contribution in [0.2, 0.25) is 0 Å². The van der Waals surface area contributed by atoms with Crippen molar-refractivity contribution in [2.24, 2.45) is 0 Å². The second kappa shape index (κ2) is 4.83. The molecule has 1 aliphatic rings. The van der Waals surface area contributed by atoms with Gasteiger partial charge in [0.1, 0.15) is 6.10 Å². The Balaban J connectivity index is 1.81. The minimum absolute atomic E-state index is 0.322. The molecule has 0 saturated carbocycles. The van der Waals surface area contributed by atoms with Crippen LogP contribution in [0.4, 0.5) is 0 Å². The van der Waals surface area contributed by atoms with E-state index in [9.17, 15) is 0 Å². The molecule has 3 heteroatoms. The predicted octanol–water partition coefficient (Wildman–Crippen LogP) is 2.25. The highest BCUT2D eigenvalue weighted by Gasteiger charge is 2.31. The Morgan fingerprint density at radius 1 is 1.56 bits per heavy atom. The van der Waals surface area contributed by atoms with Gasteiger partial charge in [0.2, 0.25) is 5.88 Å². The van der Waals surface area contributed by atoms with Crippen LogP contribution in [0.5, 0.6) is 5.88 Å². The van der Waals surface area contributed by atoms with Crippen LogP contribution in [-0.2, 0) is 0 Å². The fraction of sp³-hybridized carbons (Fsp3) is 0.615. The van der Waals surface area contributed by atoms with E-state index in [1.807, 2.05) is 12.1 Å². The van der Waals surface area contributed by atoms with Crippen LogP contribution in [0.1, 0.15) is 25.8 Å². The topological polar surface area (TPSA) is 25.4 Å². The van der Waals surface area contributed by atoms with Crippen LogP contribution in [0.15, 0.2) is 18.3 Å². The molecular formula is C13H20N2O. The molecule has 0 bridgehead atoms. The Labute approximate surface area is 97.4 Å². The van der Waals surface area contributed by atoms with Gasteiger partial charge in [0.15, 0.2) is 0 Å². The van der Waals surface area contributed by atoms with Crippen molar-refractivity contribution < 1.29 is 4.74 Å². The van der Waals surface area contributed by atoms with E-state index in [0.29, 0.717) is 12.1 Å². The molecule has 1 fully saturated rings. The third-order valence-corrected chi connectivity index (χ3v) is 3.27. The average Bonchev–Trinajstić information content (AvgIpc) is 2.22. The first-order valence-corrected chi connectivity index (χ1v) is 6.02. The maximum Gasteiger partial charge on any atom is 0.213 e. The molecular weight excluding hydrogens is 200 g/mol. The summed E-state index contributed by atoms with van der Waals surface area (Å²) >= 11 is 0. The minimum atomic E-state index is 0.322. The molecule has 0 aromatic carbocycles. The Hall–Kier alpha value is -1.09. The maximum atomic E-state index is 5.80. The molecule has 3 nitrogen and oxygen atoms in total. The smallest absolute Gasteiger partial charge is 0.213 e. The van der Waals surface area contributed by atoms with E-state index in [4.69, 9.17) is 4.74 Å². The second-order valence-electron chi connectivity index (χ2n) is 4.62. The number of hydrogen-bond donors (Lipinski definition) is 0. The molecule has 1 saturated heterocycles. The molecule has 0 amide bonds. The first-order chi connectivity index (χ1) is 7.69. The lowest BCUT2D eigenvalue weighted by Crippen LogP contribution is -2.56. The maximum absolute atomic E-state index is 5.80. The fourth-order valence-electron chi connectivity index (χ4n) is 1.91. The van der Waals surface area contributed by atoms with E-state index in [2.05, 4.69) is 30.7 Å². The summed E-state index contributed by atoms with van der Waals surface area (Å²) in [7, 11) is 0. The van der Waals surface area contributed by atoms with Gasteiger partial charge >= 0.3 is 0 Å². The molecule has 1 aromatic rings. The Morgan fingerprint density at radius 3 is 2.94 bits per heavy atom. The summed E-state index contributed by atoms with van der Waals surface area (Å²) in [6, 6.07) is 4.65. The van der Waals surface area contributed by atoms with Crippen molar-refractivity contribution >= 4 is 0 Å². The van der Waals surface area contributed by atoms with E-state index in [0.717, 1.165) is 19.0 Å². The van der Waals surface area contributed by atoms with Gasteiger partial charge in [-0.2, -0.15) is 0 Å². The molecule has 0 aliphatic carbocycles. The number of hydrogen-bond acceptors (Lipinski definition) is 3. The molecule has 1 aromatic heterocycles. The zero-order chi connectivity index (χ0) is 11.5. The molecule has 0 radical (unpaired) electrons. The fourth-order valence-corrected chi connectivity index (χ4v) is 1.91. The Bertz CT molecular complexity index is 348. The van der Waals surface area contributed by atoms with Gasteiger partial charge in [-0.3, -0.25) is 4.90 Å². The minimum Gasteiger partial charge on any atom is -0.472 e. The third-order valence-electron chi connectivity index (χ3n) is 3.27. The van der Waals surface area contributed by atoms with Gasteiger partial charge in [0.05, 0.1) is 0 Å². The summed E-state index contributed by atoms with van der Waals surface area (Å²) in [4.78, 5) is 6.66. The van der Waals surface area contributed by atoms with Gasteiger partial charge in [-0.25, -0.2) is 4.98 Å². The van der Waals surface area contributed by atoms with Crippen molar-refractivity contribution in [2.75, 3.05) is 13.1 Å². The predicted molar refractivity (Wildman–Crippen MR) is 64.7 cm³/mol. The number of likely N-dealkylation sites (tertiary alicyclic amines) is 1. The van der Waals surface area contributed by atoms with Crippen molar-refractivity contribution in [1.82, 2.24) is 9.88 Å². The molecule has 1 aliphatic heterocycles. The number of aryl methyl sites for hydroxylation is 1. The van der Waals surface area contributed by atoms with E-state index < -0.39 is 0 Å². The Kier molecular flexibility index (Phi) is 3.44. The van der Waals surface area contributed by atoms with Crippen LogP contribution in [-0.4, -0.2) is 35.1 Å². The molecule has 1 unspecified atom stereocenters. The highest BCUT2D eigenvalue weighted by molar-refractivity contribution is 5.19. The molecule has 0 spiro atoms. The van der Waals surface area contributed by atoms with Gasteiger partial charge in [-0.1, -0.05) is 6.92 Å². The van der Waals surface area contributed by atoms with Gasteiger partial charge in [0.25, 0.3) is 0 Å². The number of nitrogens with zero attached hydrogens (tertiary/aromatic N) is 2. The van der Waals surface area contributed by atoms with Crippen LogP contribution in [0, 0.1) is 6.92 Å². The first kappa shape index (κ1) is 11.4. The molecule has 0 N–H and O–H groups in total. The van der Waals surface area contributed by atoms with E-state index in [1.165, 1.54) is 12.0 Å². The zero-order valence-electron chi connectivity index (χ0n) is 10.3. The quantitative estimate of drug-likeness (QED) is 0.778. The number of ether oxygens (including phenoxy) is 1. The zero-order valence-corrected chi connectivity index (χ0v) is 10.3. The summed E-state index contributed by atoms with van der Waals surface area (Å²) in [5.74, 6) is 0.758. The average molecular weight is 220 g/mol. The molecule has 1 atom stereocenters. The third kappa shape index (κ3) is 2.53. The second-order valence-corrected chi connectivity index (χ2v) is 4.62. The van der Waals surface area contributed by atoms with Crippen LogP contribution in [0.3, 0.4) is 0 Å². The van der Waals surface area contributed by atoms with E-state index >= 15 is 0 Å². The number of aromatic nitrogens is 1. The van der Waals surface area contributed by atoms with Crippen molar-refractivity contribution in [3.8, 4) is 5.88 Å². The summed E-state index contributed by atoms with van der Waals surface area (Å²) in [5, 5.41) is 0. The van der Waals surface area contributed by atoms with Gasteiger partial charge in [0, 0.05) is 31.4 Å². The SMILES string of the molecule is CCC(C)N1CC(Oc2cc(C)ccn2)C1. The number of pyridine rings is 1. The largest absolute Gasteiger partial charge is 0.472 e. The lowest BCUT2D eigenvalue weighted by molar-refractivity contribution is -0.00764. The van der Waals surface area contributed by atoms with Gasteiger partial charge in [-0.15, -0.1) is 0 Å². The lowest BCUT2D eigenvalue weighted by atomic mass is 10.1. The van der Waals surface area contributed by atoms with Gasteiger partial charge < -0.3 is 4.74 Å². The number of rotatable bonds is 4. The van der Waals surface area contributed by atoms with Crippen LogP contribution < -0.4 is 4.74 Å². The van der Waals surface area contributed by atoms with Crippen molar-refractivity contribution in [1.29, 1.82) is 0 Å². The van der Waals surface area contributed by atoms with Gasteiger partial charge in [-0.05, 0) is 31.9 Å². The first-order valence-electron chi connectivity index (χ1n) is 6.02. The molecule has 2 heterocycles. The summed E-state index contributed by atoms with van der Waals surface area (Å²) in [6.45, 7) is 8.61. The summed E-state index contributed by atoms with van der Waals surface area (Å²) in [5.41, 5.74) is 1.20. The van der Waals surface area contributed by atoms with Crippen LogP contribution in [0.25, 0.3) is 0 Å². The van der Waals surface area contributed by atoms with E-state index in [1.54, 1.807) is 6.20 Å². The molecule has 2 rings (SSSR count). The Morgan fingerprint density at radius 2 is 2.31 bits per heavy atom. The molecule has 88 valence electrons.